The summed E-state index contributed by atoms with van der Waals surface area (Å²) in [5.74, 6) is -0.408. The first-order valence-electron chi connectivity index (χ1n) is 8.28. The maximum atomic E-state index is 12.5. The number of aromatic nitrogens is 1. The van der Waals surface area contributed by atoms with Crippen molar-refractivity contribution in [2.45, 2.75) is 11.8 Å². The molecule has 0 spiro atoms. The minimum absolute atomic E-state index is 0.0289. The number of aryl methyl sites for hydroxylation is 1. The molecule has 0 radical (unpaired) electrons. The number of carbonyl (C=O) groups excluding carboxylic acids is 1. The Labute approximate surface area is 167 Å². The van der Waals surface area contributed by atoms with Gasteiger partial charge < -0.3 is 5.32 Å². The van der Waals surface area contributed by atoms with Gasteiger partial charge in [0.05, 0.1) is 22.7 Å². The Balaban J connectivity index is 1.77. The van der Waals surface area contributed by atoms with E-state index in [1.807, 2.05) is 24.4 Å². The van der Waals surface area contributed by atoms with Crippen molar-refractivity contribution in [2.24, 2.45) is 0 Å². The highest BCUT2D eigenvalue weighted by atomic mass is 32.2. The molecule has 0 unspecified atom stereocenters. The van der Waals surface area contributed by atoms with Crippen LogP contribution in [0.5, 0.6) is 0 Å². The Kier molecular flexibility index (Phi) is 5.90. The van der Waals surface area contributed by atoms with Gasteiger partial charge in [0.2, 0.25) is 0 Å². The van der Waals surface area contributed by atoms with Crippen molar-refractivity contribution < 1.29 is 18.0 Å². The third kappa shape index (κ3) is 4.28. The van der Waals surface area contributed by atoms with Gasteiger partial charge in [0.15, 0.2) is 0 Å². The van der Waals surface area contributed by atoms with Gasteiger partial charge in [0.1, 0.15) is 0 Å². The molecular weight excluding hydrogens is 398 g/mol. The SMILES string of the molecule is CON(C)S(=O)(=O)c1cccc(C(=O)Nc2ccc(-c3csc(C)n3)cc2)c1. The van der Waals surface area contributed by atoms with Crippen LogP contribution < -0.4 is 5.32 Å². The lowest BCUT2D eigenvalue weighted by atomic mass is 10.1. The second kappa shape index (κ2) is 8.19. The van der Waals surface area contributed by atoms with E-state index in [2.05, 4.69) is 10.3 Å². The van der Waals surface area contributed by atoms with Crippen LogP contribution in [-0.4, -0.2) is 37.9 Å². The highest BCUT2D eigenvalue weighted by molar-refractivity contribution is 7.89. The molecule has 3 rings (SSSR count). The number of carbonyl (C=O) groups is 1. The normalized spacial score (nSPS) is 11.6. The predicted molar refractivity (Wildman–Crippen MR) is 109 cm³/mol. The quantitative estimate of drug-likeness (QED) is 0.620. The van der Waals surface area contributed by atoms with Crippen molar-refractivity contribution in [3.8, 4) is 11.3 Å². The molecule has 0 saturated carbocycles. The number of sulfonamides is 1. The zero-order chi connectivity index (χ0) is 20.3. The summed E-state index contributed by atoms with van der Waals surface area (Å²) in [6.07, 6.45) is 0. The number of hydrogen-bond acceptors (Lipinski definition) is 6. The Bertz CT molecular complexity index is 1090. The molecule has 0 aliphatic carbocycles. The van der Waals surface area contributed by atoms with E-state index >= 15 is 0 Å². The van der Waals surface area contributed by atoms with Crippen molar-refractivity contribution in [1.29, 1.82) is 0 Å². The minimum atomic E-state index is -3.83. The van der Waals surface area contributed by atoms with Gasteiger partial charge >= 0.3 is 0 Å². The summed E-state index contributed by atoms with van der Waals surface area (Å²) < 4.78 is 25.4. The fourth-order valence-electron chi connectivity index (χ4n) is 2.47. The third-order valence-electron chi connectivity index (χ3n) is 4.05. The molecule has 0 fully saturated rings. The van der Waals surface area contributed by atoms with E-state index in [0.717, 1.165) is 20.7 Å². The van der Waals surface area contributed by atoms with Crippen molar-refractivity contribution in [3.63, 3.8) is 0 Å². The number of nitrogens with zero attached hydrogens (tertiary/aromatic N) is 2. The molecule has 9 heteroatoms. The van der Waals surface area contributed by atoms with E-state index in [0.29, 0.717) is 5.69 Å². The average Bonchev–Trinajstić information content (AvgIpc) is 3.14. The Morgan fingerprint density at radius 2 is 1.89 bits per heavy atom. The summed E-state index contributed by atoms with van der Waals surface area (Å²) in [5.41, 5.74) is 2.67. The zero-order valence-corrected chi connectivity index (χ0v) is 17.2. The van der Waals surface area contributed by atoms with Gasteiger partial charge in [-0.3, -0.25) is 9.63 Å². The standard InChI is InChI=1S/C19H19N3O4S2/c1-13-20-18(12-27-13)14-7-9-16(10-8-14)21-19(23)15-5-4-6-17(11-15)28(24,25)22(2)26-3/h4-12H,1-3H3,(H,21,23). The predicted octanol–water partition coefficient (Wildman–Crippen LogP) is 3.55. The van der Waals surface area contributed by atoms with Crippen LogP contribution in [0.15, 0.2) is 58.8 Å². The van der Waals surface area contributed by atoms with Gasteiger partial charge in [-0.2, -0.15) is 0 Å². The Morgan fingerprint density at radius 1 is 1.18 bits per heavy atom. The monoisotopic (exact) mass is 417 g/mol. The van der Waals surface area contributed by atoms with Crippen LogP contribution in [0, 0.1) is 6.92 Å². The first-order chi connectivity index (χ1) is 13.3. The summed E-state index contributed by atoms with van der Waals surface area (Å²) in [6, 6.07) is 13.1. The third-order valence-corrected chi connectivity index (χ3v) is 6.50. The van der Waals surface area contributed by atoms with Gasteiger partial charge in [-0.15, -0.1) is 11.3 Å². The number of rotatable bonds is 6. The molecular formula is C19H19N3O4S2. The van der Waals surface area contributed by atoms with Crippen LogP contribution in [0.2, 0.25) is 0 Å². The van der Waals surface area contributed by atoms with Gasteiger partial charge in [-0.05, 0) is 37.3 Å². The highest BCUT2D eigenvalue weighted by Gasteiger charge is 2.22. The van der Waals surface area contributed by atoms with Crippen molar-refractivity contribution in [2.75, 3.05) is 19.5 Å². The summed E-state index contributed by atoms with van der Waals surface area (Å²) in [7, 11) is -1.29. The first-order valence-corrected chi connectivity index (χ1v) is 10.6. The van der Waals surface area contributed by atoms with Gasteiger partial charge in [-0.25, -0.2) is 13.4 Å². The largest absolute Gasteiger partial charge is 0.322 e. The number of hydroxylamine groups is 1. The van der Waals surface area contributed by atoms with Crippen LogP contribution >= 0.6 is 11.3 Å². The minimum Gasteiger partial charge on any atom is -0.322 e. The summed E-state index contributed by atoms with van der Waals surface area (Å²) in [4.78, 5) is 21.7. The summed E-state index contributed by atoms with van der Waals surface area (Å²) in [5, 5.41) is 5.73. The van der Waals surface area contributed by atoms with E-state index in [1.54, 1.807) is 29.5 Å². The summed E-state index contributed by atoms with van der Waals surface area (Å²) >= 11 is 1.58. The zero-order valence-electron chi connectivity index (χ0n) is 15.5. The van der Waals surface area contributed by atoms with Gasteiger partial charge in [0, 0.05) is 29.2 Å². The molecule has 7 nitrogen and oxygen atoms in total. The second-order valence-electron chi connectivity index (χ2n) is 5.91. The van der Waals surface area contributed by atoms with Crippen LogP contribution in [-0.2, 0) is 14.9 Å². The first kappa shape index (κ1) is 20.2. The lowest BCUT2D eigenvalue weighted by molar-refractivity contribution is -0.0258. The lowest BCUT2D eigenvalue weighted by Gasteiger charge is -2.14. The number of nitrogens with one attached hydrogen (secondary N) is 1. The van der Waals surface area contributed by atoms with Gasteiger partial charge in [-0.1, -0.05) is 22.7 Å². The van der Waals surface area contributed by atoms with E-state index in [4.69, 9.17) is 4.84 Å². The molecule has 1 N–H and O–H groups in total. The van der Waals surface area contributed by atoms with E-state index in [9.17, 15) is 13.2 Å². The number of anilines is 1. The van der Waals surface area contributed by atoms with Crippen molar-refractivity contribution >= 4 is 33.0 Å². The molecule has 0 aliphatic rings. The lowest BCUT2D eigenvalue weighted by Crippen LogP contribution is -2.26. The van der Waals surface area contributed by atoms with Gasteiger partial charge in [0.25, 0.3) is 15.9 Å². The summed E-state index contributed by atoms with van der Waals surface area (Å²) in [6.45, 7) is 1.95. The molecule has 146 valence electrons. The van der Waals surface area contributed by atoms with Crippen LogP contribution in [0.3, 0.4) is 0 Å². The van der Waals surface area contributed by atoms with E-state index < -0.39 is 15.9 Å². The fraction of sp³-hybridized carbons (Fsp3) is 0.158. The van der Waals surface area contributed by atoms with E-state index in [-0.39, 0.29) is 10.5 Å². The maximum absolute atomic E-state index is 12.5. The molecule has 0 saturated heterocycles. The molecule has 3 aromatic rings. The van der Waals surface area contributed by atoms with Crippen LogP contribution in [0.1, 0.15) is 15.4 Å². The number of amides is 1. The number of hydrogen-bond donors (Lipinski definition) is 1. The molecule has 1 heterocycles. The molecule has 1 aromatic heterocycles. The average molecular weight is 418 g/mol. The second-order valence-corrected chi connectivity index (χ2v) is 8.91. The molecule has 28 heavy (non-hydrogen) atoms. The van der Waals surface area contributed by atoms with Crippen molar-refractivity contribution in [3.05, 3.63) is 64.5 Å². The Morgan fingerprint density at radius 3 is 2.50 bits per heavy atom. The van der Waals surface area contributed by atoms with E-state index in [1.165, 1.54) is 32.4 Å². The number of thiazole rings is 1. The van der Waals surface area contributed by atoms with Crippen molar-refractivity contribution in [1.82, 2.24) is 9.45 Å². The number of benzene rings is 2. The topological polar surface area (TPSA) is 88.6 Å². The van der Waals surface area contributed by atoms with Crippen LogP contribution in [0.25, 0.3) is 11.3 Å². The smallest absolute Gasteiger partial charge is 0.264 e. The molecule has 0 atom stereocenters. The molecule has 1 amide bonds. The highest BCUT2D eigenvalue weighted by Crippen LogP contribution is 2.23. The fourth-order valence-corrected chi connectivity index (χ4v) is 4.11. The molecule has 0 aliphatic heterocycles. The maximum Gasteiger partial charge on any atom is 0.264 e. The van der Waals surface area contributed by atoms with Crippen LogP contribution in [0.4, 0.5) is 5.69 Å². The molecule has 0 bridgehead atoms. The molecule has 2 aromatic carbocycles. The Hall–Kier alpha value is -2.59.